The molecule has 0 aromatic heterocycles. The fourth-order valence-electron chi connectivity index (χ4n) is 5.59. The van der Waals surface area contributed by atoms with Crippen LogP contribution in [0, 0.1) is 28.9 Å². The molecule has 2 saturated heterocycles. The lowest BCUT2D eigenvalue weighted by atomic mass is 9.79. The minimum atomic E-state index is -0.468. The van der Waals surface area contributed by atoms with Crippen molar-refractivity contribution < 1.29 is 28.7 Å². The summed E-state index contributed by atoms with van der Waals surface area (Å²) in [7, 11) is 4.59. The van der Waals surface area contributed by atoms with Gasteiger partial charge in [-0.2, -0.15) is 0 Å². The highest BCUT2D eigenvalue weighted by Crippen LogP contribution is 2.39. The third-order valence-corrected chi connectivity index (χ3v) is 7.91. The molecule has 2 aromatic carbocycles. The number of nitro groups is 1. The minimum Gasteiger partial charge on any atom is -0.493 e. The van der Waals surface area contributed by atoms with Gasteiger partial charge in [-0.1, -0.05) is 6.07 Å². The first-order valence-corrected chi connectivity index (χ1v) is 13.2. The van der Waals surface area contributed by atoms with Gasteiger partial charge in [-0.15, -0.1) is 0 Å². The van der Waals surface area contributed by atoms with Crippen LogP contribution in [0.15, 0.2) is 30.3 Å². The second kappa shape index (κ2) is 12.2. The molecule has 4 rings (SSSR count). The number of nitrogens with one attached hydrogen (secondary N) is 1. The van der Waals surface area contributed by atoms with Crippen LogP contribution in [0.5, 0.6) is 17.2 Å². The SMILES string of the molecule is COc1cc(C(=O)N2CCC(C3CCN(C(=O)Nc4cc([N+](=O)[O-])ccc4C)CC3)CC2)cc(OC)c1OC. The first kappa shape index (κ1) is 28.0. The van der Waals surface area contributed by atoms with Gasteiger partial charge in [0.05, 0.1) is 31.9 Å². The molecule has 0 bridgehead atoms. The van der Waals surface area contributed by atoms with Crippen molar-refractivity contribution in [3.05, 3.63) is 51.6 Å². The van der Waals surface area contributed by atoms with Gasteiger partial charge < -0.3 is 29.3 Å². The van der Waals surface area contributed by atoms with Crippen molar-refractivity contribution in [1.82, 2.24) is 9.80 Å². The van der Waals surface area contributed by atoms with E-state index in [-0.39, 0.29) is 17.6 Å². The quantitative estimate of drug-likeness (QED) is 0.398. The molecule has 39 heavy (non-hydrogen) atoms. The molecule has 0 unspecified atom stereocenters. The second-order valence-corrected chi connectivity index (χ2v) is 10.1. The van der Waals surface area contributed by atoms with E-state index >= 15 is 0 Å². The molecule has 2 heterocycles. The fourth-order valence-corrected chi connectivity index (χ4v) is 5.59. The van der Waals surface area contributed by atoms with Gasteiger partial charge in [-0.05, 0) is 62.1 Å². The van der Waals surface area contributed by atoms with E-state index in [9.17, 15) is 19.7 Å². The number of urea groups is 1. The van der Waals surface area contributed by atoms with Gasteiger partial charge in [0, 0.05) is 43.9 Å². The molecule has 2 aliphatic rings. The van der Waals surface area contributed by atoms with Crippen LogP contribution in [-0.2, 0) is 0 Å². The van der Waals surface area contributed by atoms with E-state index in [1.54, 1.807) is 23.1 Å². The molecule has 2 fully saturated rings. The maximum absolute atomic E-state index is 13.3. The Morgan fingerprint density at radius 2 is 1.41 bits per heavy atom. The Bertz CT molecular complexity index is 1190. The zero-order chi connectivity index (χ0) is 28.1. The number of nitrogens with zero attached hydrogens (tertiary/aromatic N) is 3. The second-order valence-electron chi connectivity index (χ2n) is 10.1. The van der Waals surface area contributed by atoms with Crippen LogP contribution < -0.4 is 19.5 Å². The van der Waals surface area contributed by atoms with E-state index in [4.69, 9.17) is 14.2 Å². The number of hydrogen-bond acceptors (Lipinski definition) is 7. The molecular formula is C28H36N4O7. The van der Waals surface area contributed by atoms with Crippen LogP contribution in [-0.4, -0.2) is 74.2 Å². The number of amides is 3. The molecule has 1 N–H and O–H groups in total. The number of methoxy groups -OCH3 is 3. The van der Waals surface area contributed by atoms with Crippen LogP contribution in [0.4, 0.5) is 16.2 Å². The molecule has 0 radical (unpaired) electrons. The van der Waals surface area contributed by atoms with Crippen LogP contribution in [0.3, 0.4) is 0 Å². The molecule has 3 amide bonds. The first-order chi connectivity index (χ1) is 18.7. The van der Waals surface area contributed by atoms with E-state index in [1.807, 2.05) is 11.8 Å². The maximum atomic E-state index is 13.3. The fraction of sp³-hybridized carbons (Fsp3) is 0.500. The first-order valence-electron chi connectivity index (χ1n) is 13.2. The number of benzene rings is 2. The number of nitro benzene ring substituents is 1. The minimum absolute atomic E-state index is 0.0512. The molecule has 210 valence electrons. The van der Waals surface area contributed by atoms with Crippen molar-refractivity contribution >= 4 is 23.3 Å². The lowest BCUT2D eigenvalue weighted by Gasteiger charge is -2.40. The van der Waals surface area contributed by atoms with Crippen molar-refractivity contribution in [2.75, 3.05) is 52.8 Å². The normalized spacial score (nSPS) is 16.5. The summed E-state index contributed by atoms with van der Waals surface area (Å²) >= 11 is 0. The summed E-state index contributed by atoms with van der Waals surface area (Å²) in [6.07, 6.45) is 3.62. The molecule has 0 atom stereocenters. The van der Waals surface area contributed by atoms with Crippen LogP contribution in [0.2, 0.25) is 0 Å². The monoisotopic (exact) mass is 540 g/mol. The van der Waals surface area contributed by atoms with Crippen LogP contribution in [0.25, 0.3) is 0 Å². The Kier molecular flexibility index (Phi) is 8.78. The van der Waals surface area contributed by atoms with E-state index in [0.29, 0.717) is 66.5 Å². The van der Waals surface area contributed by atoms with Gasteiger partial charge in [-0.25, -0.2) is 4.79 Å². The zero-order valence-corrected chi connectivity index (χ0v) is 22.9. The molecule has 2 aliphatic heterocycles. The van der Waals surface area contributed by atoms with Gasteiger partial charge in [-0.3, -0.25) is 14.9 Å². The summed E-state index contributed by atoms with van der Waals surface area (Å²) in [6.45, 7) is 4.42. The average Bonchev–Trinajstić information content (AvgIpc) is 2.97. The number of carbonyl (C=O) groups excluding carboxylic acids is 2. The smallest absolute Gasteiger partial charge is 0.321 e. The number of aryl methyl sites for hydroxylation is 1. The summed E-state index contributed by atoms with van der Waals surface area (Å²) in [5.41, 5.74) is 1.68. The Morgan fingerprint density at radius 3 is 1.90 bits per heavy atom. The molecular weight excluding hydrogens is 504 g/mol. The van der Waals surface area contributed by atoms with E-state index in [2.05, 4.69) is 5.32 Å². The van der Waals surface area contributed by atoms with Crippen molar-refractivity contribution in [3.63, 3.8) is 0 Å². The number of likely N-dealkylation sites (tertiary alicyclic amines) is 2. The number of rotatable bonds is 7. The highest BCUT2D eigenvalue weighted by atomic mass is 16.6. The van der Waals surface area contributed by atoms with E-state index in [1.165, 1.54) is 33.5 Å². The predicted molar refractivity (Wildman–Crippen MR) is 146 cm³/mol. The van der Waals surface area contributed by atoms with Crippen LogP contribution in [0.1, 0.15) is 41.6 Å². The molecule has 2 aromatic rings. The summed E-state index contributed by atoms with van der Waals surface area (Å²) < 4.78 is 16.2. The number of non-ortho nitro benzene ring substituents is 1. The lowest BCUT2D eigenvalue weighted by Crippen LogP contribution is -2.45. The summed E-state index contributed by atoms with van der Waals surface area (Å²) in [6, 6.07) is 7.60. The Balaban J connectivity index is 1.29. The number of hydrogen-bond donors (Lipinski definition) is 1. The van der Waals surface area contributed by atoms with Gasteiger partial charge in [0.1, 0.15) is 0 Å². The molecule has 11 heteroatoms. The van der Waals surface area contributed by atoms with Gasteiger partial charge in [0.15, 0.2) is 11.5 Å². The predicted octanol–water partition coefficient (Wildman–Crippen LogP) is 4.73. The van der Waals surface area contributed by atoms with Crippen LogP contribution >= 0.6 is 0 Å². The zero-order valence-electron chi connectivity index (χ0n) is 22.9. The standard InChI is InChI=1S/C28H36N4O7/c1-18-5-6-22(32(35)36)17-23(18)29-28(34)31-13-9-20(10-14-31)19-7-11-30(12-8-19)27(33)21-15-24(37-2)26(39-4)25(16-21)38-3/h5-6,15-17,19-20H,7-14H2,1-4H3,(H,29,34). The van der Waals surface area contributed by atoms with Crippen molar-refractivity contribution in [2.24, 2.45) is 11.8 Å². The number of carbonyl (C=O) groups is 2. The lowest BCUT2D eigenvalue weighted by molar-refractivity contribution is -0.384. The average molecular weight is 541 g/mol. The number of piperidine rings is 2. The van der Waals surface area contributed by atoms with Crippen molar-refractivity contribution in [2.45, 2.75) is 32.6 Å². The maximum Gasteiger partial charge on any atom is 0.321 e. The van der Waals surface area contributed by atoms with Gasteiger partial charge in [0.25, 0.3) is 11.6 Å². The van der Waals surface area contributed by atoms with Crippen molar-refractivity contribution in [1.29, 1.82) is 0 Å². The van der Waals surface area contributed by atoms with Gasteiger partial charge >= 0.3 is 6.03 Å². The Hall–Kier alpha value is -4.02. The largest absolute Gasteiger partial charge is 0.493 e. The Morgan fingerprint density at radius 1 is 0.872 bits per heavy atom. The highest BCUT2D eigenvalue weighted by molar-refractivity contribution is 5.95. The molecule has 11 nitrogen and oxygen atoms in total. The molecule has 0 aliphatic carbocycles. The summed E-state index contributed by atoms with van der Waals surface area (Å²) in [4.78, 5) is 40.4. The molecule has 0 saturated carbocycles. The molecule has 0 spiro atoms. The number of ether oxygens (including phenoxy) is 3. The third kappa shape index (κ3) is 6.18. The van der Waals surface area contributed by atoms with Gasteiger partial charge in [0.2, 0.25) is 5.75 Å². The van der Waals surface area contributed by atoms with Crippen molar-refractivity contribution in [3.8, 4) is 17.2 Å². The summed E-state index contributed by atoms with van der Waals surface area (Å²) in [5.74, 6) is 2.29. The highest BCUT2D eigenvalue weighted by Gasteiger charge is 2.33. The van der Waals surface area contributed by atoms with E-state index in [0.717, 1.165) is 31.2 Å². The van der Waals surface area contributed by atoms with E-state index < -0.39 is 4.92 Å². The number of anilines is 1. The topological polar surface area (TPSA) is 123 Å². The Labute approximate surface area is 228 Å². The summed E-state index contributed by atoms with van der Waals surface area (Å²) in [5, 5.41) is 13.9. The third-order valence-electron chi connectivity index (χ3n) is 7.91.